The fourth-order valence-electron chi connectivity index (χ4n) is 2.49. The van der Waals surface area contributed by atoms with Gasteiger partial charge in [0, 0.05) is 0 Å². The molecule has 0 aliphatic heterocycles. The van der Waals surface area contributed by atoms with Crippen molar-refractivity contribution in [3.63, 3.8) is 0 Å². The Morgan fingerprint density at radius 1 is 1.19 bits per heavy atom. The van der Waals surface area contributed by atoms with Crippen LogP contribution in [0.5, 0.6) is 5.75 Å². The molecule has 1 aromatic carbocycles. The molecule has 16 heavy (non-hydrogen) atoms. The zero-order valence-electron chi connectivity index (χ0n) is 9.86. The summed E-state index contributed by atoms with van der Waals surface area (Å²) in [6, 6.07) is 8.18. The number of ether oxygens (including phenoxy) is 1. The molecule has 0 radical (unpaired) electrons. The quantitative estimate of drug-likeness (QED) is 0.848. The summed E-state index contributed by atoms with van der Waals surface area (Å²) in [7, 11) is 1.68. The van der Waals surface area contributed by atoms with Gasteiger partial charge in [-0.1, -0.05) is 25.0 Å². The highest BCUT2D eigenvalue weighted by Crippen LogP contribution is 2.27. The molecule has 2 heteroatoms. The maximum Gasteiger partial charge on any atom is 0.118 e. The van der Waals surface area contributed by atoms with Gasteiger partial charge in [-0.15, -0.1) is 0 Å². The Bertz CT molecular complexity index is 318. The summed E-state index contributed by atoms with van der Waals surface area (Å²) < 4.78 is 5.13. The van der Waals surface area contributed by atoms with Crippen molar-refractivity contribution in [1.29, 1.82) is 0 Å². The molecule has 0 amide bonds. The van der Waals surface area contributed by atoms with Gasteiger partial charge >= 0.3 is 0 Å². The summed E-state index contributed by atoms with van der Waals surface area (Å²) in [5, 5.41) is 9.91. The minimum absolute atomic E-state index is 0.101. The Hall–Kier alpha value is -1.02. The molecular formula is C14H20O2. The maximum absolute atomic E-state index is 9.91. The van der Waals surface area contributed by atoms with Crippen LogP contribution in [0.3, 0.4) is 0 Å². The van der Waals surface area contributed by atoms with Crippen LogP contribution in [0.1, 0.15) is 31.2 Å². The first-order valence-electron chi connectivity index (χ1n) is 6.10. The van der Waals surface area contributed by atoms with E-state index in [1.807, 2.05) is 12.1 Å². The van der Waals surface area contributed by atoms with Gasteiger partial charge < -0.3 is 9.84 Å². The third kappa shape index (κ3) is 2.76. The van der Waals surface area contributed by atoms with Crippen LogP contribution in [0, 0.1) is 5.92 Å². The summed E-state index contributed by atoms with van der Waals surface area (Å²) >= 11 is 0. The van der Waals surface area contributed by atoms with E-state index in [1.54, 1.807) is 7.11 Å². The Morgan fingerprint density at radius 3 is 2.50 bits per heavy atom. The third-order valence-corrected chi connectivity index (χ3v) is 3.53. The molecule has 0 aromatic heterocycles. The van der Waals surface area contributed by atoms with Gasteiger partial charge in [0.1, 0.15) is 5.75 Å². The van der Waals surface area contributed by atoms with Gasteiger partial charge in [0.2, 0.25) is 0 Å². The van der Waals surface area contributed by atoms with E-state index in [0.717, 1.165) is 25.0 Å². The first-order valence-corrected chi connectivity index (χ1v) is 6.10. The molecule has 0 heterocycles. The predicted molar refractivity (Wildman–Crippen MR) is 64.7 cm³/mol. The highest BCUT2D eigenvalue weighted by atomic mass is 16.5. The normalized spacial score (nSPS) is 25.4. The van der Waals surface area contributed by atoms with Crippen LogP contribution in [0.25, 0.3) is 0 Å². The molecule has 88 valence electrons. The topological polar surface area (TPSA) is 29.5 Å². The molecule has 2 atom stereocenters. The molecule has 1 aromatic rings. The van der Waals surface area contributed by atoms with Gasteiger partial charge in [0.25, 0.3) is 0 Å². The molecule has 0 spiro atoms. The first kappa shape index (κ1) is 11.5. The molecule has 1 aliphatic rings. The molecule has 1 saturated carbocycles. The molecule has 1 aliphatic carbocycles. The van der Waals surface area contributed by atoms with Crippen LogP contribution in [-0.2, 0) is 6.42 Å². The average molecular weight is 220 g/mol. The van der Waals surface area contributed by atoms with Crippen LogP contribution in [0.15, 0.2) is 24.3 Å². The molecule has 1 N–H and O–H groups in total. The van der Waals surface area contributed by atoms with E-state index in [1.165, 1.54) is 18.4 Å². The van der Waals surface area contributed by atoms with Gasteiger partial charge in [0.15, 0.2) is 0 Å². The fourth-order valence-corrected chi connectivity index (χ4v) is 2.49. The lowest BCUT2D eigenvalue weighted by Crippen LogP contribution is -2.26. The second kappa shape index (κ2) is 5.35. The number of benzene rings is 1. The monoisotopic (exact) mass is 220 g/mol. The van der Waals surface area contributed by atoms with Gasteiger partial charge in [-0.05, 0) is 42.9 Å². The highest BCUT2D eigenvalue weighted by Gasteiger charge is 2.22. The van der Waals surface area contributed by atoms with Crippen molar-refractivity contribution < 1.29 is 9.84 Å². The maximum atomic E-state index is 9.91. The minimum atomic E-state index is -0.101. The summed E-state index contributed by atoms with van der Waals surface area (Å²) in [5.74, 6) is 1.34. The molecule has 2 unspecified atom stereocenters. The molecule has 2 nitrogen and oxygen atoms in total. The Kier molecular flexibility index (Phi) is 3.83. The van der Waals surface area contributed by atoms with Gasteiger partial charge in [0.05, 0.1) is 13.2 Å². The van der Waals surface area contributed by atoms with E-state index < -0.39 is 0 Å². The van der Waals surface area contributed by atoms with Gasteiger partial charge in [-0.25, -0.2) is 0 Å². The van der Waals surface area contributed by atoms with Crippen molar-refractivity contribution in [2.75, 3.05) is 7.11 Å². The molecule has 0 bridgehead atoms. The second-order valence-corrected chi connectivity index (χ2v) is 4.66. The van der Waals surface area contributed by atoms with E-state index in [-0.39, 0.29) is 6.10 Å². The van der Waals surface area contributed by atoms with E-state index >= 15 is 0 Å². The number of hydrogen-bond acceptors (Lipinski definition) is 2. The van der Waals surface area contributed by atoms with Crippen LogP contribution >= 0.6 is 0 Å². The van der Waals surface area contributed by atoms with E-state index in [2.05, 4.69) is 12.1 Å². The number of hydrogen-bond donors (Lipinski definition) is 1. The Labute approximate surface area is 97.3 Å². The minimum Gasteiger partial charge on any atom is -0.497 e. The zero-order valence-corrected chi connectivity index (χ0v) is 9.86. The predicted octanol–water partition coefficient (Wildman–Crippen LogP) is 2.79. The molecule has 2 rings (SSSR count). The van der Waals surface area contributed by atoms with Crippen molar-refractivity contribution in [3.8, 4) is 5.75 Å². The number of methoxy groups -OCH3 is 1. The lowest BCUT2D eigenvalue weighted by molar-refractivity contribution is 0.0700. The average Bonchev–Trinajstić information content (AvgIpc) is 2.33. The van der Waals surface area contributed by atoms with Crippen LogP contribution in [0.4, 0.5) is 0 Å². The van der Waals surface area contributed by atoms with Crippen LogP contribution < -0.4 is 4.74 Å². The fraction of sp³-hybridized carbons (Fsp3) is 0.571. The smallest absolute Gasteiger partial charge is 0.118 e. The van der Waals surface area contributed by atoms with E-state index in [0.29, 0.717) is 5.92 Å². The summed E-state index contributed by atoms with van der Waals surface area (Å²) in [4.78, 5) is 0. The van der Waals surface area contributed by atoms with Crippen molar-refractivity contribution in [1.82, 2.24) is 0 Å². The molecular weight excluding hydrogens is 200 g/mol. The number of rotatable bonds is 3. The number of aliphatic hydroxyl groups excluding tert-OH is 1. The van der Waals surface area contributed by atoms with Gasteiger partial charge in [-0.3, -0.25) is 0 Å². The van der Waals surface area contributed by atoms with Gasteiger partial charge in [-0.2, -0.15) is 0 Å². The highest BCUT2D eigenvalue weighted by molar-refractivity contribution is 5.27. The molecule has 0 saturated heterocycles. The van der Waals surface area contributed by atoms with Crippen molar-refractivity contribution in [2.24, 2.45) is 5.92 Å². The Balaban J connectivity index is 1.96. The Morgan fingerprint density at radius 2 is 1.88 bits per heavy atom. The van der Waals surface area contributed by atoms with Crippen molar-refractivity contribution in [2.45, 2.75) is 38.2 Å². The standard InChI is InChI=1S/C14H20O2/c1-16-13-8-6-11(7-9-13)10-12-4-2-3-5-14(12)15/h6-9,12,14-15H,2-5,10H2,1H3. The third-order valence-electron chi connectivity index (χ3n) is 3.53. The zero-order chi connectivity index (χ0) is 11.4. The van der Waals surface area contributed by atoms with Crippen molar-refractivity contribution in [3.05, 3.63) is 29.8 Å². The van der Waals surface area contributed by atoms with Crippen LogP contribution in [-0.4, -0.2) is 18.3 Å². The summed E-state index contributed by atoms with van der Waals surface area (Å²) in [5.41, 5.74) is 1.30. The molecule has 1 fully saturated rings. The second-order valence-electron chi connectivity index (χ2n) is 4.66. The summed E-state index contributed by atoms with van der Waals surface area (Å²) in [6.45, 7) is 0. The summed E-state index contributed by atoms with van der Waals surface area (Å²) in [6.07, 6.45) is 5.47. The van der Waals surface area contributed by atoms with Crippen LogP contribution in [0.2, 0.25) is 0 Å². The SMILES string of the molecule is COc1ccc(CC2CCCCC2O)cc1. The van der Waals surface area contributed by atoms with E-state index in [4.69, 9.17) is 4.74 Å². The lowest BCUT2D eigenvalue weighted by Gasteiger charge is -2.27. The first-order chi connectivity index (χ1) is 7.79. The van der Waals surface area contributed by atoms with E-state index in [9.17, 15) is 5.11 Å². The largest absolute Gasteiger partial charge is 0.497 e. The number of aliphatic hydroxyl groups is 1. The van der Waals surface area contributed by atoms with Crippen molar-refractivity contribution >= 4 is 0 Å². The lowest BCUT2D eigenvalue weighted by atomic mass is 9.82.